The average molecular weight is 369 g/mol. The van der Waals surface area contributed by atoms with Crippen molar-refractivity contribution in [3.05, 3.63) is 47.7 Å². The van der Waals surface area contributed by atoms with Crippen molar-refractivity contribution in [2.75, 3.05) is 18.4 Å². The Kier molecular flexibility index (Phi) is 4.88. The molecule has 1 aromatic carbocycles. The molecule has 1 aromatic heterocycles. The zero-order valence-electron chi connectivity index (χ0n) is 12.9. The van der Waals surface area contributed by atoms with Crippen molar-refractivity contribution >= 4 is 23.2 Å². The molecule has 1 aliphatic rings. The predicted molar refractivity (Wildman–Crippen MR) is 83.5 cm³/mol. The van der Waals surface area contributed by atoms with Gasteiger partial charge in [-0.25, -0.2) is 22.2 Å². The number of nitrogens with one attached hydrogen (secondary N) is 1. The summed E-state index contributed by atoms with van der Waals surface area (Å²) < 4.78 is 58.9. The lowest BCUT2D eigenvalue weighted by molar-refractivity contribution is -0.183. The third kappa shape index (κ3) is 3.73. The molecule has 1 radical (unpaired) electrons. The van der Waals surface area contributed by atoms with E-state index in [-0.39, 0.29) is 24.0 Å². The van der Waals surface area contributed by atoms with E-state index in [0.29, 0.717) is 11.6 Å². The van der Waals surface area contributed by atoms with Gasteiger partial charge < -0.3 is 9.54 Å². The van der Waals surface area contributed by atoms with Crippen molar-refractivity contribution in [2.45, 2.75) is 10.7 Å². The number of methoxy groups -OCH3 is 1. The van der Waals surface area contributed by atoms with Crippen LogP contribution in [0.1, 0.15) is 11.4 Å². The molecule has 0 bridgehead atoms. The summed E-state index contributed by atoms with van der Waals surface area (Å²) in [7, 11) is -1.57. The van der Waals surface area contributed by atoms with Gasteiger partial charge in [0.15, 0.2) is 0 Å². The molecule has 0 amide bonds. The van der Waals surface area contributed by atoms with E-state index in [4.69, 9.17) is 14.4 Å². The number of rotatable bonds is 5. The number of pyridine rings is 1. The summed E-state index contributed by atoms with van der Waals surface area (Å²) in [6.07, 6.45) is 1.48. The van der Waals surface area contributed by atoms with Crippen LogP contribution in [0, 0.1) is 11.6 Å². The predicted octanol–water partition coefficient (Wildman–Crippen LogP) is 1.79. The van der Waals surface area contributed by atoms with E-state index in [0.717, 1.165) is 12.1 Å². The molecule has 1 aliphatic heterocycles. The van der Waals surface area contributed by atoms with Gasteiger partial charge in [0, 0.05) is 18.1 Å². The van der Waals surface area contributed by atoms with Gasteiger partial charge in [0.2, 0.25) is 5.88 Å². The first-order chi connectivity index (χ1) is 11.9. The van der Waals surface area contributed by atoms with Gasteiger partial charge in [0.25, 0.3) is 10.0 Å². The summed E-state index contributed by atoms with van der Waals surface area (Å²) >= 11 is 0. The van der Waals surface area contributed by atoms with E-state index < -0.39 is 26.6 Å². The lowest BCUT2D eigenvalue weighted by atomic mass is 9.77. The van der Waals surface area contributed by atoms with Crippen molar-refractivity contribution in [1.82, 2.24) is 4.98 Å². The van der Waals surface area contributed by atoms with Crippen LogP contribution in [-0.2, 0) is 19.7 Å². The molecule has 1 fully saturated rings. The summed E-state index contributed by atoms with van der Waals surface area (Å²) in [5.41, 5.74) is 0.611. The van der Waals surface area contributed by atoms with Crippen LogP contribution >= 0.6 is 0 Å². The number of hydrogen-bond acceptors (Lipinski definition) is 6. The van der Waals surface area contributed by atoms with Crippen molar-refractivity contribution in [3.8, 4) is 5.88 Å². The van der Waals surface area contributed by atoms with Crippen molar-refractivity contribution < 1.29 is 31.6 Å². The largest absolute Gasteiger partial charge is 0.480 e. The molecule has 2 heterocycles. The van der Waals surface area contributed by atoms with E-state index >= 15 is 0 Å². The van der Waals surface area contributed by atoms with Crippen LogP contribution in [0.25, 0.3) is 0 Å². The van der Waals surface area contributed by atoms with Crippen molar-refractivity contribution in [1.29, 1.82) is 0 Å². The van der Waals surface area contributed by atoms with Crippen molar-refractivity contribution in [2.24, 2.45) is 0 Å². The monoisotopic (exact) mass is 369 g/mol. The summed E-state index contributed by atoms with van der Waals surface area (Å²) in [5.74, 6) is -2.34. The number of sulfonamides is 1. The first-order valence-corrected chi connectivity index (χ1v) is 8.52. The van der Waals surface area contributed by atoms with Crippen LogP contribution in [-0.4, -0.2) is 34.6 Å². The Bertz CT molecular complexity index is 891. The highest BCUT2D eigenvalue weighted by molar-refractivity contribution is 7.92. The Morgan fingerprint density at radius 2 is 2.16 bits per heavy atom. The van der Waals surface area contributed by atoms with E-state index in [1.54, 1.807) is 0 Å². The fourth-order valence-corrected chi connectivity index (χ4v) is 3.34. The van der Waals surface area contributed by atoms with Gasteiger partial charge in [-0.2, -0.15) is 0 Å². The Morgan fingerprint density at radius 1 is 1.36 bits per heavy atom. The van der Waals surface area contributed by atoms with Gasteiger partial charge in [-0.05, 0) is 23.8 Å². The lowest BCUT2D eigenvalue weighted by Crippen LogP contribution is -2.16. The smallest absolute Gasteiger partial charge is 0.354 e. The lowest BCUT2D eigenvalue weighted by Gasteiger charge is -2.14. The molecule has 0 aliphatic carbocycles. The fourth-order valence-electron chi connectivity index (χ4n) is 2.23. The highest BCUT2D eigenvalue weighted by Gasteiger charge is 2.26. The van der Waals surface area contributed by atoms with Crippen LogP contribution < -0.4 is 9.46 Å². The molecule has 25 heavy (non-hydrogen) atoms. The molecule has 1 saturated heterocycles. The molecular formula is C14H12BF2N2O5S. The maximum absolute atomic E-state index is 13.8. The van der Waals surface area contributed by atoms with Crippen LogP contribution in [0.3, 0.4) is 0 Å². The Morgan fingerprint density at radius 3 is 2.80 bits per heavy atom. The van der Waals surface area contributed by atoms with Crippen molar-refractivity contribution in [3.63, 3.8) is 0 Å². The van der Waals surface area contributed by atoms with Gasteiger partial charge in [-0.15, -0.1) is 0 Å². The molecule has 11 heteroatoms. The van der Waals surface area contributed by atoms with Gasteiger partial charge in [0.1, 0.15) is 22.2 Å². The number of benzene rings is 1. The minimum atomic E-state index is -4.32. The number of halogens is 2. The highest BCUT2D eigenvalue weighted by Crippen LogP contribution is 2.30. The van der Waals surface area contributed by atoms with Gasteiger partial charge in [-0.3, -0.25) is 9.61 Å². The Hall–Kier alpha value is -2.24. The van der Waals surface area contributed by atoms with E-state index in [2.05, 4.69) is 9.71 Å². The molecule has 3 rings (SSSR count). The summed E-state index contributed by atoms with van der Waals surface area (Å²) in [5, 5.41) is 0. The van der Waals surface area contributed by atoms with Gasteiger partial charge >= 0.3 is 7.48 Å². The second-order valence-electron chi connectivity index (χ2n) is 5.13. The first kappa shape index (κ1) is 17.6. The van der Waals surface area contributed by atoms with Gasteiger partial charge in [-0.1, -0.05) is 0 Å². The second kappa shape index (κ2) is 6.94. The van der Waals surface area contributed by atoms with Crippen LogP contribution in [0.5, 0.6) is 5.88 Å². The van der Waals surface area contributed by atoms with E-state index in [1.165, 1.54) is 26.9 Å². The van der Waals surface area contributed by atoms with E-state index in [9.17, 15) is 17.2 Å². The maximum Gasteiger partial charge on any atom is 0.354 e. The highest BCUT2D eigenvalue weighted by atomic mass is 32.2. The molecule has 7 nitrogen and oxygen atoms in total. The molecule has 0 spiro atoms. The maximum atomic E-state index is 13.8. The number of nitrogens with zero attached hydrogens (tertiary/aromatic N) is 1. The molecular weight excluding hydrogens is 357 g/mol. The summed E-state index contributed by atoms with van der Waals surface area (Å²) in [4.78, 5) is 12.8. The number of ether oxygens (including phenoxy) is 1. The topological polar surface area (TPSA) is 86.8 Å². The standard InChI is InChI=1S/C14H12BF2N2O5S/c1-22-14-12(4-8(6-18-14)10-7-23-24-15-10)19-25(20,21)13-3-2-9(16)5-11(13)17/h2-6,10,19H,7H2,1H3. The normalized spacial score (nSPS) is 17.2. The van der Waals surface area contributed by atoms with Crippen LogP contribution in [0.15, 0.2) is 35.4 Å². The fraction of sp³-hybridized carbons (Fsp3) is 0.214. The molecule has 1 N–H and O–H groups in total. The van der Waals surface area contributed by atoms with Crippen LogP contribution in [0.4, 0.5) is 14.5 Å². The van der Waals surface area contributed by atoms with E-state index in [1.807, 2.05) is 0 Å². The molecule has 1 unspecified atom stereocenters. The zero-order chi connectivity index (χ0) is 18.0. The SMILES string of the molecule is COc1ncc(C2[B]OOC2)cc1NS(=O)(=O)c1ccc(F)cc1F. The zero-order valence-corrected chi connectivity index (χ0v) is 13.7. The molecule has 1 atom stereocenters. The second-order valence-corrected chi connectivity index (χ2v) is 6.78. The molecule has 131 valence electrons. The molecule has 0 saturated carbocycles. The Balaban J connectivity index is 1.96. The number of aromatic nitrogens is 1. The third-order valence-corrected chi connectivity index (χ3v) is 4.86. The number of anilines is 1. The average Bonchev–Trinajstić information content (AvgIpc) is 3.08. The Labute approximate surface area is 143 Å². The third-order valence-electron chi connectivity index (χ3n) is 3.46. The van der Waals surface area contributed by atoms with Crippen LogP contribution in [0.2, 0.25) is 0 Å². The molecule has 2 aromatic rings. The quantitative estimate of drug-likeness (QED) is 0.639. The summed E-state index contributed by atoms with van der Waals surface area (Å²) in [6.45, 7) is 0.243. The minimum absolute atomic E-state index is 0.00373. The first-order valence-electron chi connectivity index (χ1n) is 7.04. The number of hydrogen-bond donors (Lipinski definition) is 1. The minimum Gasteiger partial charge on any atom is -0.480 e. The van der Waals surface area contributed by atoms with Gasteiger partial charge in [0.05, 0.1) is 13.7 Å². The summed E-state index contributed by atoms with van der Waals surface area (Å²) in [6, 6.07) is 3.65.